The van der Waals surface area contributed by atoms with Crippen molar-refractivity contribution in [1.29, 1.82) is 5.26 Å². The highest BCUT2D eigenvalue weighted by Crippen LogP contribution is 2.28. The summed E-state index contributed by atoms with van der Waals surface area (Å²) in [5.41, 5.74) is 1.93. The summed E-state index contributed by atoms with van der Waals surface area (Å²) in [5.74, 6) is 0. The summed E-state index contributed by atoms with van der Waals surface area (Å²) >= 11 is 0. The van der Waals surface area contributed by atoms with Crippen LogP contribution in [0.5, 0.6) is 0 Å². The Morgan fingerprint density at radius 1 is 0.941 bits per heavy atom. The van der Waals surface area contributed by atoms with Crippen LogP contribution in [0.4, 0.5) is 0 Å². The van der Waals surface area contributed by atoms with Crippen molar-refractivity contribution in [3.63, 3.8) is 0 Å². The lowest BCUT2D eigenvalue weighted by Gasteiger charge is -2.30. The molecule has 0 aliphatic rings. The normalized spacial score (nSPS) is 15.4. The quantitative estimate of drug-likeness (QED) is 0.779. The molecule has 1 aromatic carbocycles. The molecule has 2 nitrogen and oxygen atoms in total. The SMILES string of the molecule is CN(C)C(C)(C#N)c1ccc(C(C)(C)C)cc1. The molecule has 0 fully saturated rings. The smallest absolute Gasteiger partial charge is 0.131 e. The molecule has 0 saturated heterocycles. The highest BCUT2D eigenvalue weighted by Gasteiger charge is 2.29. The van der Waals surface area contributed by atoms with E-state index in [1.807, 2.05) is 25.9 Å². The second kappa shape index (κ2) is 4.50. The van der Waals surface area contributed by atoms with Gasteiger partial charge in [-0.1, -0.05) is 45.0 Å². The predicted octanol–water partition coefficient (Wildman–Crippen LogP) is 3.28. The molecule has 1 aromatic rings. The van der Waals surface area contributed by atoms with Crippen LogP contribution >= 0.6 is 0 Å². The summed E-state index contributed by atoms with van der Waals surface area (Å²) < 4.78 is 0. The molecule has 0 aromatic heterocycles. The molecular formula is C15H22N2. The maximum atomic E-state index is 9.35. The standard InChI is InChI=1S/C15H22N2/c1-14(2,3)12-7-9-13(10-8-12)15(4,11-16)17(5)6/h7-10H,1-6H3. The number of benzene rings is 1. The zero-order valence-electron chi connectivity index (χ0n) is 11.7. The average molecular weight is 230 g/mol. The molecule has 0 heterocycles. The largest absolute Gasteiger partial charge is 0.288 e. The molecule has 17 heavy (non-hydrogen) atoms. The number of hydrogen-bond donors (Lipinski definition) is 0. The van der Waals surface area contributed by atoms with Gasteiger partial charge in [-0.15, -0.1) is 0 Å². The maximum absolute atomic E-state index is 9.35. The zero-order chi connectivity index (χ0) is 13.3. The third-order valence-electron chi connectivity index (χ3n) is 3.43. The Labute approximate surface area is 105 Å². The topological polar surface area (TPSA) is 27.0 Å². The van der Waals surface area contributed by atoms with Gasteiger partial charge in [-0.05, 0) is 37.6 Å². The summed E-state index contributed by atoms with van der Waals surface area (Å²) in [6.07, 6.45) is 0. The van der Waals surface area contributed by atoms with Gasteiger partial charge in [0.1, 0.15) is 5.54 Å². The average Bonchev–Trinajstić information content (AvgIpc) is 2.26. The fraction of sp³-hybridized carbons (Fsp3) is 0.533. The summed E-state index contributed by atoms with van der Waals surface area (Å²) in [6, 6.07) is 10.7. The van der Waals surface area contributed by atoms with E-state index in [0.717, 1.165) is 5.56 Å². The van der Waals surface area contributed by atoms with Gasteiger partial charge in [0, 0.05) is 0 Å². The van der Waals surface area contributed by atoms with Crippen LogP contribution in [0.2, 0.25) is 0 Å². The fourth-order valence-electron chi connectivity index (χ4n) is 1.72. The van der Waals surface area contributed by atoms with Crippen LogP contribution < -0.4 is 0 Å². The second-order valence-electron chi connectivity index (χ2n) is 5.91. The van der Waals surface area contributed by atoms with Crippen LogP contribution in [0.15, 0.2) is 24.3 Å². The van der Waals surface area contributed by atoms with E-state index in [4.69, 9.17) is 0 Å². The van der Waals surface area contributed by atoms with E-state index >= 15 is 0 Å². The van der Waals surface area contributed by atoms with E-state index in [1.165, 1.54) is 5.56 Å². The summed E-state index contributed by atoms with van der Waals surface area (Å²) in [6.45, 7) is 8.52. The maximum Gasteiger partial charge on any atom is 0.131 e. The van der Waals surface area contributed by atoms with Crippen molar-refractivity contribution < 1.29 is 0 Å². The van der Waals surface area contributed by atoms with Gasteiger partial charge in [-0.25, -0.2) is 0 Å². The van der Waals surface area contributed by atoms with Gasteiger partial charge in [-0.2, -0.15) is 5.26 Å². The van der Waals surface area contributed by atoms with Crippen LogP contribution in [0.3, 0.4) is 0 Å². The molecule has 0 N–H and O–H groups in total. The molecule has 1 unspecified atom stereocenters. The van der Waals surface area contributed by atoms with Gasteiger partial charge in [-0.3, -0.25) is 4.90 Å². The van der Waals surface area contributed by atoms with Crippen LogP contribution in [0, 0.1) is 11.3 Å². The summed E-state index contributed by atoms with van der Waals surface area (Å²) in [5, 5.41) is 9.35. The van der Waals surface area contributed by atoms with Gasteiger partial charge in [0.05, 0.1) is 6.07 Å². The Morgan fingerprint density at radius 3 is 1.65 bits per heavy atom. The fourth-order valence-corrected chi connectivity index (χ4v) is 1.72. The molecule has 0 saturated carbocycles. The first-order valence-electron chi connectivity index (χ1n) is 5.91. The van der Waals surface area contributed by atoms with Crippen LogP contribution in [0.25, 0.3) is 0 Å². The second-order valence-corrected chi connectivity index (χ2v) is 5.91. The highest BCUT2D eigenvalue weighted by atomic mass is 15.1. The molecule has 92 valence electrons. The van der Waals surface area contributed by atoms with E-state index in [0.29, 0.717) is 0 Å². The Bertz CT molecular complexity index is 418. The van der Waals surface area contributed by atoms with E-state index in [1.54, 1.807) is 0 Å². The van der Waals surface area contributed by atoms with E-state index in [2.05, 4.69) is 51.1 Å². The molecule has 0 spiro atoms. The van der Waals surface area contributed by atoms with Gasteiger partial charge in [0.25, 0.3) is 0 Å². The molecule has 0 amide bonds. The first-order chi connectivity index (χ1) is 7.71. The predicted molar refractivity (Wildman–Crippen MR) is 71.8 cm³/mol. The third kappa shape index (κ3) is 2.68. The highest BCUT2D eigenvalue weighted by molar-refractivity contribution is 5.35. The minimum Gasteiger partial charge on any atom is -0.288 e. The summed E-state index contributed by atoms with van der Waals surface area (Å²) in [7, 11) is 3.86. The van der Waals surface area contributed by atoms with Crippen molar-refractivity contribution in [3.05, 3.63) is 35.4 Å². The zero-order valence-corrected chi connectivity index (χ0v) is 11.7. The lowest BCUT2D eigenvalue weighted by molar-refractivity contribution is 0.241. The van der Waals surface area contributed by atoms with Gasteiger partial charge < -0.3 is 0 Å². The van der Waals surface area contributed by atoms with Crippen LogP contribution in [-0.4, -0.2) is 19.0 Å². The molecule has 0 aliphatic carbocycles. The Kier molecular flexibility index (Phi) is 3.64. The minimum absolute atomic E-state index is 0.152. The Hall–Kier alpha value is -1.33. The monoisotopic (exact) mass is 230 g/mol. The van der Waals surface area contributed by atoms with Gasteiger partial charge >= 0.3 is 0 Å². The van der Waals surface area contributed by atoms with Gasteiger partial charge in [0.15, 0.2) is 0 Å². The van der Waals surface area contributed by atoms with Crippen molar-refractivity contribution in [1.82, 2.24) is 4.90 Å². The van der Waals surface area contributed by atoms with Crippen molar-refractivity contribution >= 4 is 0 Å². The van der Waals surface area contributed by atoms with Crippen molar-refractivity contribution in [2.75, 3.05) is 14.1 Å². The van der Waals surface area contributed by atoms with E-state index in [9.17, 15) is 5.26 Å². The molecule has 1 rings (SSSR count). The molecule has 0 radical (unpaired) electrons. The first-order valence-corrected chi connectivity index (χ1v) is 5.91. The van der Waals surface area contributed by atoms with Crippen molar-refractivity contribution in [2.24, 2.45) is 0 Å². The lowest BCUT2D eigenvalue weighted by Crippen LogP contribution is -2.37. The molecule has 1 atom stereocenters. The van der Waals surface area contributed by atoms with E-state index < -0.39 is 5.54 Å². The van der Waals surface area contributed by atoms with Crippen molar-refractivity contribution in [2.45, 2.75) is 38.6 Å². The van der Waals surface area contributed by atoms with E-state index in [-0.39, 0.29) is 5.41 Å². The van der Waals surface area contributed by atoms with Crippen LogP contribution in [0.1, 0.15) is 38.8 Å². The Morgan fingerprint density at radius 2 is 1.35 bits per heavy atom. The van der Waals surface area contributed by atoms with Gasteiger partial charge in [0.2, 0.25) is 0 Å². The van der Waals surface area contributed by atoms with Crippen molar-refractivity contribution in [3.8, 4) is 6.07 Å². The minimum atomic E-state index is -0.559. The molecule has 0 bridgehead atoms. The third-order valence-corrected chi connectivity index (χ3v) is 3.43. The number of rotatable bonds is 2. The summed E-state index contributed by atoms with van der Waals surface area (Å²) in [4.78, 5) is 1.94. The number of hydrogen-bond acceptors (Lipinski definition) is 2. The Balaban J connectivity index is 3.16. The first kappa shape index (κ1) is 13.7. The molecular weight excluding hydrogens is 208 g/mol. The lowest BCUT2D eigenvalue weighted by atomic mass is 9.84. The molecule has 0 aliphatic heterocycles. The molecule has 2 heteroatoms. The van der Waals surface area contributed by atoms with Crippen LogP contribution in [-0.2, 0) is 11.0 Å². The number of nitrogens with zero attached hydrogens (tertiary/aromatic N) is 2. The number of nitriles is 1.